The minimum absolute atomic E-state index is 0.0422. The molecule has 1 N–H and O–H groups in total. The van der Waals surface area contributed by atoms with Gasteiger partial charge in [0.15, 0.2) is 0 Å². The van der Waals surface area contributed by atoms with Crippen LogP contribution >= 0.6 is 11.6 Å². The number of carbonyl (C=O) groups is 1. The maximum atomic E-state index is 11.8. The summed E-state index contributed by atoms with van der Waals surface area (Å²) in [5.74, 6) is -0.0422. The number of nitro benzene ring substituents is 1. The molecular formula is C12H16ClN3O3. The molecule has 104 valence electrons. The van der Waals surface area contributed by atoms with Gasteiger partial charge in [0.25, 0.3) is 5.69 Å². The summed E-state index contributed by atoms with van der Waals surface area (Å²) in [6, 6.07) is 4.10. The van der Waals surface area contributed by atoms with Crippen LogP contribution in [0.15, 0.2) is 18.2 Å². The van der Waals surface area contributed by atoms with E-state index in [-0.39, 0.29) is 23.2 Å². The van der Waals surface area contributed by atoms with Crippen molar-refractivity contribution in [3.8, 4) is 0 Å². The van der Waals surface area contributed by atoms with E-state index in [4.69, 9.17) is 11.6 Å². The van der Waals surface area contributed by atoms with Gasteiger partial charge in [0.2, 0.25) is 5.91 Å². The number of halogens is 1. The lowest BCUT2D eigenvalue weighted by atomic mass is 10.3. The normalized spacial score (nSPS) is 10.1. The van der Waals surface area contributed by atoms with Gasteiger partial charge in [0, 0.05) is 25.2 Å². The summed E-state index contributed by atoms with van der Waals surface area (Å²) in [4.78, 5) is 23.5. The molecule has 6 nitrogen and oxygen atoms in total. The lowest BCUT2D eigenvalue weighted by molar-refractivity contribution is -0.384. The van der Waals surface area contributed by atoms with E-state index >= 15 is 0 Å². The number of non-ortho nitro benzene ring substituents is 1. The van der Waals surface area contributed by atoms with Crippen LogP contribution in [-0.4, -0.2) is 35.4 Å². The molecule has 0 fully saturated rings. The number of hydrogen-bond acceptors (Lipinski definition) is 4. The Hall–Kier alpha value is -1.82. The highest BCUT2D eigenvalue weighted by Crippen LogP contribution is 2.26. The molecule has 0 aromatic heterocycles. The first kappa shape index (κ1) is 15.2. The highest BCUT2D eigenvalue weighted by Gasteiger charge is 2.12. The van der Waals surface area contributed by atoms with Crippen LogP contribution < -0.4 is 5.32 Å². The SMILES string of the molecule is CCN(CC)C(=O)CNc1ccc([N+](=O)[O-])cc1Cl. The van der Waals surface area contributed by atoms with Gasteiger partial charge in [-0.2, -0.15) is 0 Å². The molecule has 1 amide bonds. The number of nitrogens with zero attached hydrogens (tertiary/aromatic N) is 2. The predicted molar refractivity (Wildman–Crippen MR) is 74.5 cm³/mol. The molecule has 0 spiro atoms. The third-order valence-corrected chi connectivity index (χ3v) is 3.02. The van der Waals surface area contributed by atoms with Crippen molar-refractivity contribution in [2.45, 2.75) is 13.8 Å². The van der Waals surface area contributed by atoms with Crippen molar-refractivity contribution in [2.75, 3.05) is 25.0 Å². The maximum absolute atomic E-state index is 11.8. The molecule has 0 radical (unpaired) electrons. The third kappa shape index (κ3) is 4.10. The van der Waals surface area contributed by atoms with Crippen LogP contribution in [0.25, 0.3) is 0 Å². The van der Waals surface area contributed by atoms with Gasteiger partial charge in [-0.05, 0) is 19.9 Å². The first-order valence-electron chi connectivity index (χ1n) is 5.95. The van der Waals surface area contributed by atoms with Crippen molar-refractivity contribution in [2.24, 2.45) is 0 Å². The standard InChI is InChI=1S/C12H16ClN3O3/c1-3-15(4-2)12(17)8-14-11-6-5-9(16(18)19)7-10(11)13/h5-7,14H,3-4,8H2,1-2H3. The second kappa shape index (κ2) is 6.94. The highest BCUT2D eigenvalue weighted by atomic mass is 35.5. The van der Waals surface area contributed by atoms with Crippen molar-refractivity contribution in [1.82, 2.24) is 4.90 Å². The zero-order valence-electron chi connectivity index (χ0n) is 10.9. The summed E-state index contributed by atoms with van der Waals surface area (Å²) in [5, 5.41) is 13.7. The molecule has 0 bridgehead atoms. The van der Waals surface area contributed by atoms with E-state index in [9.17, 15) is 14.9 Å². The quantitative estimate of drug-likeness (QED) is 0.644. The topological polar surface area (TPSA) is 75.5 Å². The predicted octanol–water partition coefficient (Wildman–Crippen LogP) is 2.53. The van der Waals surface area contributed by atoms with E-state index in [1.165, 1.54) is 18.2 Å². The first-order chi connectivity index (χ1) is 8.99. The molecule has 0 aliphatic rings. The number of likely N-dealkylation sites (N-methyl/N-ethyl adjacent to an activating group) is 1. The second-order valence-corrected chi connectivity index (χ2v) is 4.25. The minimum Gasteiger partial charge on any atom is -0.375 e. The highest BCUT2D eigenvalue weighted by molar-refractivity contribution is 6.33. The monoisotopic (exact) mass is 285 g/mol. The van der Waals surface area contributed by atoms with Gasteiger partial charge in [-0.25, -0.2) is 0 Å². The molecule has 1 rings (SSSR count). The van der Waals surface area contributed by atoms with Gasteiger partial charge in [-0.15, -0.1) is 0 Å². The Morgan fingerprint density at radius 3 is 2.53 bits per heavy atom. The minimum atomic E-state index is -0.517. The molecule has 0 heterocycles. The smallest absolute Gasteiger partial charge is 0.271 e. The van der Waals surface area contributed by atoms with Crippen LogP contribution in [0.3, 0.4) is 0 Å². The largest absolute Gasteiger partial charge is 0.375 e. The Kier molecular flexibility index (Phi) is 5.57. The fraction of sp³-hybridized carbons (Fsp3) is 0.417. The fourth-order valence-electron chi connectivity index (χ4n) is 1.62. The number of rotatable bonds is 6. The molecule has 0 atom stereocenters. The number of nitrogens with one attached hydrogen (secondary N) is 1. The second-order valence-electron chi connectivity index (χ2n) is 3.84. The first-order valence-corrected chi connectivity index (χ1v) is 6.33. The van der Waals surface area contributed by atoms with Crippen molar-refractivity contribution in [3.05, 3.63) is 33.3 Å². The number of benzene rings is 1. The average Bonchev–Trinajstić information content (AvgIpc) is 2.38. The van der Waals surface area contributed by atoms with Crippen LogP contribution in [0.4, 0.5) is 11.4 Å². The van der Waals surface area contributed by atoms with E-state index in [2.05, 4.69) is 5.32 Å². The molecule has 19 heavy (non-hydrogen) atoms. The maximum Gasteiger partial charge on any atom is 0.271 e. The molecular weight excluding hydrogens is 270 g/mol. The van der Waals surface area contributed by atoms with Crippen LogP contribution in [0.5, 0.6) is 0 Å². The Labute approximate surface area is 116 Å². The number of anilines is 1. The number of nitro groups is 1. The van der Waals surface area contributed by atoms with Crippen LogP contribution in [-0.2, 0) is 4.79 Å². The molecule has 1 aromatic carbocycles. The van der Waals surface area contributed by atoms with Gasteiger partial charge >= 0.3 is 0 Å². The summed E-state index contributed by atoms with van der Waals surface area (Å²) >= 11 is 5.91. The molecule has 0 aliphatic heterocycles. The molecule has 0 saturated heterocycles. The molecule has 0 aliphatic carbocycles. The molecule has 0 unspecified atom stereocenters. The van der Waals surface area contributed by atoms with Crippen molar-refractivity contribution >= 4 is 28.9 Å². The van der Waals surface area contributed by atoms with E-state index in [0.29, 0.717) is 18.8 Å². The van der Waals surface area contributed by atoms with Gasteiger partial charge in [-0.3, -0.25) is 14.9 Å². The fourth-order valence-corrected chi connectivity index (χ4v) is 1.86. The van der Waals surface area contributed by atoms with E-state index < -0.39 is 4.92 Å². The lowest BCUT2D eigenvalue weighted by Crippen LogP contribution is -2.35. The van der Waals surface area contributed by atoms with Gasteiger partial charge in [0.1, 0.15) is 0 Å². The number of amides is 1. The lowest BCUT2D eigenvalue weighted by Gasteiger charge is -2.19. The summed E-state index contributed by atoms with van der Waals surface area (Å²) in [6.45, 7) is 5.20. The zero-order chi connectivity index (χ0) is 14.4. The Bertz CT molecular complexity index is 475. The van der Waals surface area contributed by atoms with Gasteiger partial charge in [0.05, 0.1) is 22.2 Å². The van der Waals surface area contributed by atoms with E-state index in [0.717, 1.165) is 0 Å². The van der Waals surface area contributed by atoms with Gasteiger partial charge < -0.3 is 10.2 Å². The zero-order valence-corrected chi connectivity index (χ0v) is 11.6. The van der Waals surface area contributed by atoms with Crippen LogP contribution in [0.1, 0.15) is 13.8 Å². The summed E-state index contributed by atoms with van der Waals surface area (Å²) in [7, 11) is 0. The molecule has 7 heteroatoms. The van der Waals surface area contributed by atoms with Crippen molar-refractivity contribution in [1.29, 1.82) is 0 Å². The summed E-state index contributed by atoms with van der Waals surface area (Å²) in [5.41, 5.74) is 0.429. The van der Waals surface area contributed by atoms with E-state index in [1.54, 1.807) is 4.90 Å². The Balaban J connectivity index is 2.68. The van der Waals surface area contributed by atoms with Crippen molar-refractivity contribution < 1.29 is 9.72 Å². The molecule has 0 saturated carbocycles. The Morgan fingerprint density at radius 2 is 2.05 bits per heavy atom. The Morgan fingerprint density at radius 1 is 1.42 bits per heavy atom. The van der Waals surface area contributed by atoms with E-state index in [1.807, 2.05) is 13.8 Å². The van der Waals surface area contributed by atoms with Gasteiger partial charge in [-0.1, -0.05) is 11.6 Å². The van der Waals surface area contributed by atoms with Crippen molar-refractivity contribution in [3.63, 3.8) is 0 Å². The average molecular weight is 286 g/mol. The van der Waals surface area contributed by atoms with Crippen LogP contribution in [0.2, 0.25) is 5.02 Å². The third-order valence-electron chi connectivity index (χ3n) is 2.71. The summed E-state index contributed by atoms with van der Waals surface area (Å²) < 4.78 is 0. The summed E-state index contributed by atoms with van der Waals surface area (Å²) in [6.07, 6.45) is 0. The number of hydrogen-bond donors (Lipinski definition) is 1. The molecule has 1 aromatic rings. The number of carbonyl (C=O) groups excluding carboxylic acids is 1. The van der Waals surface area contributed by atoms with Crippen LogP contribution in [0, 0.1) is 10.1 Å².